The number of rotatable bonds is 5. The second-order valence-electron chi connectivity index (χ2n) is 6.09. The maximum atomic E-state index is 13.8. The fourth-order valence-electron chi connectivity index (χ4n) is 2.60. The lowest BCUT2D eigenvalue weighted by atomic mass is 9.80. The molecule has 0 aliphatic heterocycles. The molecule has 0 amide bonds. The maximum Gasteiger partial charge on any atom is 0.324 e. The standard InChI is InChI=1S/C15H16F5NOPS3/c1-6(2)7-3-4-15(21,8(22)5-7)26-23(24)25-14-12(19)10(17)9(16)11(18)13(14)20/h7-8,22H,1,3-5,21H2,2H3/q+1/t7-,8+,15+/m0/s1. The van der Waals surface area contributed by atoms with E-state index in [0.29, 0.717) is 30.6 Å². The molecule has 1 aliphatic rings. The van der Waals surface area contributed by atoms with Gasteiger partial charge in [-0.05, 0) is 32.1 Å². The fourth-order valence-corrected chi connectivity index (χ4v) is 10.5. The van der Waals surface area contributed by atoms with Gasteiger partial charge in [-0.15, -0.1) is 0 Å². The van der Waals surface area contributed by atoms with E-state index in [9.17, 15) is 27.1 Å². The van der Waals surface area contributed by atoms with Crippen LogP contribution in [0.4, 0.5) is 22.0 Å². The molecule has 1 saturated carbocycles. The summed E-state index contributed by atoms with van der Waals surface area (Å²) in [4.78, 5) is -2.17. The van der Waals surface area contributed by atoms with Crippen LogP contribution in [0.5, 0.6) is 0 Å². The molecule has 0 heterocycles. The van der Waals surface area contributed by atoms with Gasteiger partial charge in [0, 0.05) is 0 Å². The van der Waals surface area contributed by atoms with Gasteiger partial charge in [0.05, 0.1) is 6.10 Å². The number of aliphatic hydroxyl groups is 1. The first-order chi connectivity index (χ1) is 12.0. The largest absolute Gasteiger partial charge is 0.390 e. The van der Waals surface area contributed by atoms with Gasteiger partial charge in [-0.1, -0.05) is 12.2 Å². The topological polar surface area (TPSA) is 46.2 Å². The molecule has 1 aromatic carbocycles. The van der Waals surface area contributed by atoms with Crippen molar-refractivity contribution in [1.29, 1.82) is 0 Å². The Morgan fingerprint density at radius 2 is 1.69 bits per heavy atom. The smallest absolute Gasteiger partial charge is 0.324 e. The molecule has 11 heteroatoms. The van der Waals surface area contributed by atoms with Gasteiger partial charge < -0.3 is 10.8 Å². The van der Waals surface area contributed by atoms with Gasteiger partial charge in [0.15, 0.2) is 35.1 Å². The van der Waals surface area contributed by atoms with Gasteiger partial charge in [-0.2, -0.15) is 0 Å². The summed E-state index contributed by atoms with van der Waals surface area (Å²) in [5.41, 5.74) is 7.13. The van der Waals surface area contributed by atoms with Gasteiger partial charge in [0.25, 0.3) is 0 Å². The maximum absolute atomic E-state index is 13.8. The minimum absolute atomic E-state index is 0.112. The highest BCUT2D eigenvalue weighted by Gasteiger charge is 2.47. The van der Waals surface area contributed by atoms with E-state index in [-0.39, 0.29) is 5.92 Å². The van der Waals surface area contributed by atoms with E-state index in [0.717, 1.165) is 17.0 Å². The van der Waals surface area contributed by atoms with Crippen LogP contribution in [0.3, 0.4) is 0 Å². The van der Waals surface area contributed by atoms with E-state index in [4.69, 9.17) is 17.5 Å². The molecule has 0 radical (unpaired) electrons. The molecule has 2 rings (SSSR count). The Labute approximate surface area is 161 Å². The van der Waals surface area contributed by atoms with E-state index in [1.165, 1.54) is 0 Å². The van der Waals surface area contributed by atoms with Crippen molar-refractivity contribution in [3.05, 3.63) is 41.2 Å². The molecule has 3 N–H and O–H groups in total. The third-order valence-electron chi connectivity index (χ3n) is 4.23. The minimum Gasteiger partial charge on any atom is -0.390 e. The summed E-state index contributed by atoms with van der Waals surface area (Å²) in [5.74, 6) is -9.96. The zero-order valence-corrected chi connectivity index (χ0v) is 16.9. The van der Waals surface area contributed by atoms with Crippen LogP contribution in [0.1, 0.15) is 26.2 Å². The lowest BCUT2D eigenvalue weighted by Gasteiger charge is -2.38. The van der Waals surface area contributed by atoms with Crippen LogP contribution in [0.25, 0.3) is 0 Å². The molecule has 0 spiro atoms. The van der Waals surface area contributed by atoms with E-state index in [2.05, 4.69) is 6.58 Å². The van der Waals surface area contributed by atoms with Crippen molar-refractivity contribution in [3.8, 4) is 0 Å². The Hall–Kier alpha value is -0.250. The molecule has 4 atom stereocenters. The highest BCUT2D eigenvalue weighted by atomic mass is 33.2. The molecule has 0 aromatic heterocycles. The minimum atomic E-state index is -2.21. The van der Waals surface area contributed by atoms with Crippen LogP contribution in [0, 0.1) is 35.0 Å². The zero-order chi connectivity index (χ0) is 19.8. The Morgan fingerprint density at radius 1 is 1.19 bits per heavy atom. The highest BCUT2D eigenvalue weighted by Crippen LogP contribution is 2.61. The molecule has 2 nitrogen and oxygen atoms in total. The quantitative estimate of drug-likeness (QED) is 0.158. The number of hydrogen-bond donors (Lipinski definition) is 2. The normalized spacial score (nSPS) is 26.7. The van der Waals surface area contributed by atoms with Crippen LogP contribution in [0.2, 0.25) is 0 Å². The third-order valence-corrected chi connectivity index (χ3v) is 11.0. The predicted molar refractivity (Wildman–Crippen MR) is 99.0 cm³/mol. The van der Waals surface area contributed by atoms with E-state index < -0.39 is 50.1 Å². The Balaban J connectivity index is 2.16. The Morgan fingerprint density at radius 3 is 2.15 bits per heavy atom. The SMILES string of the molecule is C=C(C)[C@H]1CC[C@@](N)(S[P+](=S)Sc2c(F)c(F)c(F)c(F)c2F)[C@H](O)C1. The van der Waals surface area contributed by atoms with Gasteiger partial charge >= 0.3 is 5.10 Å². The van der Waals surface area contributed by atoms with Gasteiger partial charge in [-0.3, -0.25) is 0 Å². The molecule has 144 valence electrons. The van der Waals surface area contributed by atoms with E-state index in [1.807, 2.05) is 6.92 Å². The van der Waals surface area contributed by atoms with Crippen LogP contribution in [0.15, 0.2) is 17.0 Å². The predicted octanol–water partition coefficient (Wildman–Crippen LogP) is 5.37. The van der Waals surface area contributed by atoms with Crippen molar-refractivity contribution in [1.82, 2.24) is 0 Å². The molecular weight excluding hydrogens is 432 g/mol. The van der Waals surface area contributed by atoms with Crippen molar-refractivity contribution < 1.29 is 27.1 Å². The number of halogens is 5. The number of benzene rings is 1. The number of hydrogen-bond acceptors (Lipinski definition) is 5. The lowest BCUT2D eigenvalue weighted by Crippen LogP contribution is -2.51. The summed E-state index contributed by atoms with van der Waals surface area (Å²) < 4.78 is 67.2. The van der Waals surface area contributed by atoms with Gasteiger partial charge in [0.2, 0.25) is 5.82 Å². The zero-order valence-electron chi connectivity index (χ0n) is 13.6. The molecule has 0 saturated heterocycles. The van der Waals surface area contributed by atoms with Crippen molar-refractivity contribution in [3.63, 3.8) is 0 Å². The van der Waals surface area contributed by atoms with Crippen LogP contribution in [-0.2, 0) is 11.8 Å². The first-order valence-electron chi connectivity index (χ1n) is 7.46. The van der Waals surface area contributed by atoms with Crippen molar-refractivity contribution in [2.24, 2.45) is 11.7 Å². The fraction of sp³-hybridized carbons (Fsp3) is 0.467. The summed E-state index contributed by atoms with van der Waals surface area (Å²) in [6.07, 6.45) is 0.517. The summed E-state index contributed by atoms with van der Waals surface area (Å²) in [5, 5.41) is 8.57. The second kappa shape index (κ2) is 8.41. The van der Waals surface area contributed by atoms with Crippen LogP contribution in [-0.4, -0.2) is 16.1 Å². The molecule has 26 heavy (non-hydrogen) atoms. The molecule has 1 unspecified atom stereocenters. The van der Waals surface area contributed by atoms with Crippen molar-refractivity contribution in [2.45, 2.75) is 42.1 Å². The average molecular weight is 448 g/mol. The van der Waals surface area contributed by atoms with E-state index in [1.54, 1.807) is 0 Å². The summed E-state index contributed by atoms with van der Waals surface area (Å²) >= 11 is 6.47. The first kappa shape index (κ1) is 22.0. The average Bonchev–Trinajstić information content (AvgIpc) is 2.57. The summed E-state index contributed by atoms with van der Waals surface area (Å²) in [6, 6.07) is 0. The molecular formula is C15H16F5NOPS3+. The Kier molecular flexibility index (Phi) is 7.13. The van der Waals surface area contributed by atoms with Crippen molar-refractivity contribution in [2.75, 3.05) is 0 Å². The number of nitrogens with two attached hydrogens (primary N) is 1. The van der Waals surface area contributed by atoms with Gasteiger partial charge in [-0.25, -0.2) is 22.0 Å². The second-order valence-corrected chi connectivity index (χ2v) is 14.5. The Bertz CT molecular complexity index is 736. The summed E-state index contributed by atoms with van der Waals surface area (Å²) in [7, 11) is 0. The molecule has 1 aromatic rings. The molecule has 1 aliphatic carbocycles. The molecule has 0 bridgehead atoms. The van der Waals surface area contributed by atoms with Crippen LogP contribution >= 0.6 is 27.9 Å². The summed E-state index contributed by atoms with van der Waals surface area (Å²) in [6.45, 7) is 5.71. The molecule has 1 fully saturated rings. The number of aliphatic hydroxyl groups excluding tert-OH is 1. The highest BCUT2D eigenvalue weighted by molar-refractivity contribution is 8.94. The van der Waals surface area contributed by atoms with Crippen molar-refractivity contribution >= 4 is 39.7 Å². The van der Waals surface area contributed by atoms with E-state index >= 15 is 0 Å². The number of allylic oxidation sites excluding steroid dienone is 1. The van der Waals surface area contributed by atoms with Crippen LogP contribution < -0.4 is 5.73 Å². The third kappa shape index (κ3) is 4.42. The lowest BCUT2D eigenvalue weighted by molar-refractivity contribution is 0.0754. The first-order valence-corrected chi connectivity index (χ1v) is 12.7. The van der Waals surface area contributed by atoms with Gasteiger partial charge in [0.1, 0.15) is 32.5 Å². The monoisotopic (exact) mass is 448 g/mol.